The number of rotatable bonds is 48. The van der Waals surface area contributed by atoms with Gasteiger partial charge in [0.1, 0.15) is 13.2 Å². The molecule has 1 atom stereocenters. The van der Waals surface area contributed by atoms with E-state index in [9.17, 15) is 14.4 Å². The molecule has 0 saturated carbocycles. The van der Waals surface area contributed by atoms with Crippen molar-refractivity contribution >= 4 is 17.9 Å². The first-order chi connectivity index (χ1) is 28.9. The Morgan fingerprint density at radius 2 is 0.559 bits per heavy atom. The van der Waals surface area contributed by atoms with Crippen LogP contribution in [0.15, 0.2) is 0 Å². The van der Waals surface area contributed by atoms with Crippen molar-refractivity contribution in [3.05, 3.63) is 0 Å². The molecule has 0 fully saturated rings. The molecular weight excluding hydrogens is 733 g/mol. The Labute approximate surface area is 368 Å². The zero-order chi connectivity index (χ0) is 43.1. The van der Waals surface area contributed by atoms with Crippen LogP contribution in [0.4, 0.5) is 0 Å². The van der Waals surface area contributed by atoms with Crippen LogP contribution in [0.2, 0.25) is 0 Å². The molecule has 0 bridgehead atoms. The van der Waals surface area contributed by atoms with Gasteiger partial charge in [-0.3, -0.25) is 14.4 Å². The van der Waals surface area contributed by atoms with Crippen LogP contribution < -0.4 is 0 Å². The van der Waals surface area contributed by atoms with Crippen molar-refractivity contribution in [2.75, 3.05) is 13.2 Å². The van der Waals surface area contributed by atoms with E-state index in [0.29, 0.717) is 19.3 Å². The molecule has 0 N–H and O–H groups in total. The van der Waals surface area contributed by atoms with Crippen LogP contribution in [-0.2, 0) is 28.6 Å². The molecule has 0 aliphatic rings. The van der Waals surface area contributed by atoms with Crippen LogP contribution in [0, 0.1) is 5.92 Å². The second-order valence-corrected chi connectivity index (χ2v) is 18.6. The van der Waals surface area contributed by atoms with Gasteiger partial charge >= 0.3 is 17.9 Å². The summed E-state index contributed by atoms with van der Waals surface area (Å²) >= 11 is 0. The van der Waals surface area contributed by atoms with Crippen molar-refractivity contribution in [1.29, 1.82) is 0 Å². The third-order valence-corrected chi connectivity index (χ3v) is 12.0. The standard InChI is InChI=1S/C53H102O6/c1-5-7-9-11-13-15-17-19-20-21-22-23-25-26-28-32-36-40-44-51(54)57-47-50(48-58-52(55)45-41-37-34-30-31-35-39-43-49(3)4)59-53(56)46-42-38-33-29-27-24-18-16-14-12-10-8-6-2/h49-50H,5-48H2,1-4H3/t50-/m0/s1. The first-order valence-corrected chi connectivity index (χ1v) is 26.4. The van der Waals surface area contributed by atoms with Crippen molar-refractivity contribution in [1.82, 2.24) is 0 Å². The second-order valence-electron chi connectivity index (χ2n) is 18.6. The lowest BCUT2D eigenvalue weighted by atomic mass is 10.0. The average molecular weight is 835 g/mol. The number of carbonyl (C=O) groups is 3. The summed E-state index contributed by atoms with van der Waals surface area (Å²) in [5.41, 5.74) is 0. The van der Waals surface area contributed by atoms with Gasteiger partial charge in [0.25, 0.3) is 0 Å². The summed E-state index contributed by atoms with van der Waals surface area (Å²) in [5, 5.41) is 0. The molecule has 350 valence electrons. The van der Waals surface area contributed by atoms with Gasteiger partial charge in [-0.05, 0) is 25.2 Å². The molecule has 0 heterocycles. The van der Waals surface area contributed by atoms with Gasteiger partial charge in [0.05, 0.1) is 0 Å². The average Bonchev–Trinajstić information content (AvgIpc) is 3.22. The van der Waals surface area contributed by atoms with Crippen LogP contribution in [0.25, 0.3) is 0 Å². The number of ether oxygens (including phenoxy) is 3. The minimum absolute atomic E-state index is 0.0632. The molecule has 59 heavy (non-hydrogen) atoms. The Morgan fingerprint density at radius 1 is 0.322 bits per heavy atom. The molecule has 0 rings (SSSR count). The van der Waals surface area contributed by atoms with Crippen molar-refractivity contribution < 1.29 is 28.6 Å². The van der Waals surface area contributed by atoms with Gasteiger partial charge in [-0.25, -0.2) is 0 Å². The van der Waals surface area contributed by atoms with E-state index in [4.69, 9.17) is 14.2 Å². The maximum Gasteiger partial charge on any atom is 0.306 e. The molecule has 0 aromatic heterocycles. The van der Waals surface area contributed by atoms with Crippen molar-refractivity contribution in [2.24, 2.45) is 5.92 Å². The topological polar surface area (TPSA) is 78.9 Å². The third-order valence-electron chi connectivity index (χ3n) is 12.0. The Kier molecular flexibility index (Phi) is 46.2. The maximum absolute atomic E-state index is 12.8. The minimum Gasteiger partial charge on any atom is -0.462 e. The predicted octanol–water partition coefficient (Wildman–Crippen LogP) is 17.1. The maximum atomic E-state index is 12.8. The molecule has 0 aromatic rings. The molecule has 0 aliphatic heterocycles. The lowest BCUT2D eigenvalue weighted by Crippen LogP contribution is -2.30. The highest BCUT2D eigenvalue weighted by molar-refractivity contribution is 5.71. The quantitative estimate of drug-likeness (QED) is 0.0345. The van der Waals surface area contributed by atoms with Crippen LogP contribution in [0.1, 0.15) is 297 Å². The lowest BCUT2D eigenvalue weighted by Gasteiger charge is -2.18. The van der Waals surface area contributed by atoms with Crippen molar-refractivity contribution in [3.63, 3.8) is 0 Å². The highest BCUT2D eigenvalue weighted by atomic mass is 16.6. The zero-order valence-electron chi connectivity index (χ0n) is 40.2. The summed E-state index contributed by atoms with van der Waals surface area (Å²) in [7, 11) is 0. The van der Waals surface area contributed by atoms with E-state index in [1.165, 1.54) is 193 Å². The van der Waals surface area contributed by atoms with Crippen LogP contribution >= 0.6 is 0 Å². The Balaban J connectivity index is 4.25. The zero-order valence-corrected chi connectivity index (χ0v) is 40.2. The van der Waals surface area contributed by atoms with Crippen LogP contribution in [0.5, 0.6) is 0 Å². The fourth-order valence-electron chi connectivity index (χ4n) is 8.04. The van der Waals surface area contributed by atoms with E-state index < -0.39 is 6.10 Å². The van der Waals surface area contributed by atoms with Gasteiger partial charge in [0, 0.05) is 19.3 Å². The number of carbonyl (C=O) groups excluding carboxylic acids is 3. The molecule has 0 saturated heterocycles. The summed E-state index contributed by atoms with van der Waals surface area (Å²) in [6.07, 6.45) is 49.6. The smallest absolute Gasteiger partial charge is 0.306 e. The Bertz CT molecular complexity index is 887. The van der Waals surface area contributed by atoms with Crippen LogP contribution in [0.3, 0.4) is 0 Å². The molecule has 0 aliphatic carbocycles. The SMILES string of the molecule is CCCCCCCCCCCCCCCCCCCCC(=O)OC[C@@H](COC(=O)CCCCCCCCCC(C)C)OC(=O)CCCCCCCCCCCCCCC. The third kappa shape index (κ3) is 47.3. The van der Waals surface area contributed by atoms with Crippen molar-refractivity contribution in [3.8, 4) is 0 Å². The number of unbranched alkanes of at least 4 members (excludes halogenated alkanes) is 35. The van der Waals surface area contributed by atoms with E-state index in [1.54, 1.807) is 0 Å². The van der Waals surface area contributed by atoms with E-state index >= 15 is 0 Å². The van der Waals surface area contributed by atoms with E-state index in [1.807, 2.05) is 0 Å². The van der Waals surface area contributed by atoms with Gasteiger partial charge in [-0.15, -0.1) is 0 Å². The minimum atomic E-state index is -0.761. The fraction of sp³-hybridized carbons (Fsp3) is 0.943. The molecule has 0 amide bonds. The molecule has 0 unspecified atom stereocenters. The molecule has 0 aromatic carbocycles. The largest absolute Gasteiger partial charge is 0.462 e. The number of hydrogen-bond donors (Lipinski definition) is 0. The monoisotopic (exact) mass is 835 g/mol. The van der Waals surface area contributed by atoms with Crippen LogP contribution in [-0.4, -0.2) is 37.2 Å². The predicted molar refractivity (Wildman–Crippen MR) is 252 cm³/mol. The molecule has 0 radical (unpaired) electrons. The first-order valence-electron chi connectivity index (χ1n) is 26.4. The summed E-state index contributed by atoms with van der Waals surface area (Å²) in [6.45, 7) is 8.98. The Hall–Kier alpha value is -1.59. The summed E-state index contributed by atoms with van der Waals surface area (Å²) in [5.74, 6) is -0.0650. The van der Waals surface area contributed by atoms with E-state index in [0.717, 1.165) is 63.7 Å². The highest BCUT2D eigenvalue weighted by Gasteiger charge is 2.19. The molecule has 6 heteroatoms. The normalized spacial score (nSPS) is 11.9. The molecular formula is C53H102O6. The van der Waals surface area contributed by atoms with Gasteiger partial charge in [0.15, 0.2) is 6.10 Å². The van der Waals surface area contributed by atoms with E-state index in [2.05, 4.69) is 27.7 Å². The Morgan fingerprint density at radius 3 is 0.831 bits per heavy atom. The van der Waals surface area contributed by atoms with Gasteiger partial charge in [-0.2, -0.15) is 0 Å². The second kappa shape index (κ2) is 47.5. The van der Waals surface area contributed by atoms with Gasteiger partial charge in [0.2, 0.25) is 0 Å². The first kappa shape index (κ1) is 57.4. The summed E-state index contributed by atoms with van der Waals surface area (Å²) in [6, 6.07) is 0. The van der Waals surface area contributed by atoms with E-state index in [-0.39, 0.29) is 31.1 Å². The molecule has 0 spiro atoms. The lowest BCUT2D eigenvalue weighted by molar-refractivity contribution is -0.167. The fourth-order valence-corrected chi connectivity index (χ4v) is 8.04. The molecule has 6 nitrogen and oxygen atoms in total. The van der Waals surface area contributed by atoms with Gasteiger partial charge < -0.3 is 14.2 Å². The highest BCUT2D eigenvalue weighted by Crippen LogP contribution is 2.17. The number of hydrogen-bond acceptors (Lipinski definition) is 6. The van der Waals surface area contributed by atoms with Crippen molar-refractivity contribution in [2.45, 2.75) is 303 Å². The summed E-state index contributed by atoms with van der Waals surface area (Å²) in [4.78, 5) is 37.9. The summed E-state index contributed by atoms with van der Waals surface area (Å²) < 4.78 is 16.8. The number of esters is 3. The van der Waals surface area contributed by atoms with Gasteiger partial charge in [-0.1, -0.05) is 259 Å².